The first-order chi connectivity index (χ1) is 8.08. The normalized spacial score (nSPS) is 29.0. The third-order valence-corrected chi connectivity index (χ3v) is 4.50. The first kappa shape index (κ1) is 12.7. The summed E-state index contributed by atoms with van der Waals surface area (Å²) < 4.78 is 0.947. The minimum Gasteiger partial charge on any atom is -0.397 e. The van der Waals surface area contributed by atoms with Gasteiger partial charge in [-0.3, -0.25) is 0 Å². The first-order valence-electron chi connectivity index (χ1n) is 6.25. The number of rotatable bonds is 2. The van der Waals surface area contributed by atoms with Gasteiger partial charge in [0.05, 0.1) is 16.4 Å². The van der Waals surface area contributed by atoms with E-state index in [4.69, 9.17) is 5.73 Å². The van der Waals surface area contributed by atoms with E-state index in [1.807, 2.05) is 6.07 Å². The molecule has 3 nitrogen and oxygen atoms in total. The number of nitrogens with one attached hydrogen (secondary N) is 1. The number of halogens is 1. The van der Waals surface area contributed by atoms with Crippen LogP contribution in [0.25, 0.3) is 0 Å². The van der Waals surface area contributed by atoms with Gasteiger partial charge in [-0.2, -0.15) is 0 Å². The van der Waals surface area contributed by atoms with Crippen molar-refractivity contribution in [3.8, 4) is 0 Å². The standard InChI is InChI=1S/C13H20BrN3/c1-8-4-3-5-12(9(8)2)17-13-11(14)6-10(15)7-16-13/h6-9,12H,3-5,15H2,1-2H3,(H,16,17). The van der Waals surface area contributed by atoms with Gasteiger partial charge in [-0.25, -0.2) is 4.98 Å². The van der Waals surface area contributed by atoms with Gasteiger partial charge in [0.25, 0.3) is 0 Å². The van der Waals surface area contributed by atoms with Gasteiger partial charge in [0, 0.05) is 6.04 Å². The molecule has 0 amide bonds. The van der Waals surface area contributed by atoms with Crippen molar-refractivity contribution in [3.05, 3.63) is 16.7 Å². The monoisotopic (exact) mass is 297 g/mol. The maximum atomic E-state index is 5.69. The molecule has 1 aliphatic carbocycles. The Morgan fingerprint density at radius 3 is 2.88 bits per heavy atom. The average molecular weight is 298 g/mol. The summed E-state index contributed by atoms with van der Waals surface area (Å²) in [4.78, 5) is 4.35. The third kappa shape index (κ3) is 2.92. The van der Waals surface area contributed by atoms with E-state index < -0.39 is 0 Å². The zero-order chi connectivity index (χ0) is 12.4. The fourth-order valence-electron chi connectivity index (χ4n) is 2.52. The fourth-order valence-corrected chi connectivity index (χ4v) is 3.00. The smallest absolute Gasteiger partial charge is 0.140 e. The summed E-state index contributed by atoms with van der Waals surface area (Å²) in [6.07, 6.45) is 5.57. The Kier molecular flexibility index (Phi) is 3.92. The predicted molar refractivity (Wildman–Crippen MR) is 75.9 cm³/mol. The minimum atomic E-state index is 0.520. The second kappa shape index (κ2) is 5.25. The van der Waals surface area contributed by atoms with Crippen LogP contribution in [0.4, 0.5) is 11.5 Å². The molecule has 1 aromatic heterocycles. The molecule has 0 bridgehead atoms. The third-order valence-electron chi connectivity index (χ3n) is 3.89. The van der Waals surface area contributed by atoms with Crippen LogP contribution in [0, 0.1) is 11.8 Å². The Labute approximate surface area is 111 Å². The first-order valence-corrected chi connectivity index (χ1v) is 7.05. The highest BCUT2D eigenvalue weighted by Crippen LogP contribution is 2.32. The lowest BCUT2D eigenvalue weighted by Crippen LogP contribution is -2.35. The van der Waals surface area contributed by atoms with E-state index in [9.17, 15) is 0 Å². The van der Waals surface area contributed by atoms with Crippen LogP contribution in [0.3, 0.4) is 0 Å². The molecule has 0 aromatic carbocycles. The van der Waals surface area contributed by atoms with E-state index in [2.05, 4.69) is 40.1 Å². The van der Waals surface area contributed by atoms with Crippen LogP contribution in [0.2, 0.25) is 0 Å². The highest BCUT2D eigenvalue weighted by molar-refractivity contribution is 9.10. The number of aromatic nitrogens is 1. The van der Waals surface area contributed by atoms with Crippen molar-refractivity contribution in [1.82, 2.24) is 4.98 Å². The van der Waals surface area contributed by atoms with Gasteiger partial charge < -0.3 is 11.1 Å². The molecule has 2 rings (SSSR count). The number of nitrogen functional groups attached to an aromatic ring is 1. The molecule has 1 fully saturated rings. The van der Waals surface area contributed by atoms with Crippen LogP contribution in [-0.4, -0.2) is 11.0 Å². The van der Waals surface area contributed by atoms with Crippen molar-refractivity contribution in [1.29, 1.82) is 0 Å². The summed E-state index contributed by atoms with van der Waals surface area (Å²) in [5.41, 5.74) is 6.38. The van der Waals surface area contributed by atoms with Crippen molar-refractivity contribution in [2.75, 3.05) is 11.1 Å². The topological polar surface area (TPSA) is 50.9 Å². The lowest BCUT2D eigenvalue weighted by atomic mass is 9.78. The molecule has 0 aliphatic heterocycles. The summed E-state index contributed by atoms with van der Waals surface area (Å²) in [6.45, 7) is 4.66. The van der Waals surface area contributed by atoms with Crippen molar-refractivity contribution in [2.24, 2.45) is 11.8 Å². The zero-order valence-corrected chi connectivity index (χ0v) is 12.0. The van der Waals surface area contributed by atoms with E-state index in [-0.39, 0.29) is 0 Å². The number of pyridine rings is 1. The SMILES string of the molecule is CC1CCCC(Nc2ncc(N)cc2Br)C1C. The maximum absolute atomic E-state index is 5.69. The number of hydrogen-bond acceptors (Lipinski definition) is 3. The van der Waals surface area contributed by atoms with Crippen LogP contribution in [0.1, 0.15) is 33.1 Å². The Hall–Kier alpha value is -0.770. The van der Waals surface area contributed by atoms with Crippen molar-refractivity contribution < 1.29 is 0 Å². The molecule has 0 spiro atoms. The second-order valence-electron chi connectivity index (χ2n) is 5.12. The lowest BCUT2D eigenvalue weighted by Gasteiger charge is -2.35. The Morgan fingerprint density at radius 1 is 1.41 bits per heavy atom. The lowest BCUT2D eigenvalue weighted by molar-refractivity contribution is 0.253. The van der Waals surface area contributed by atoms with Crippen LogP contribution in [-0.2, 0) is 0 Å². The second-order valence-corrected chi connectivity index (χ2v) is 5.97. The molecule has 1 aromatic rings. The number of nitrogens with two attached hydrogens (primary N) is 1. The molecule has 3 unspecified atom stereocenters. The van der Waals surface area contributed by atoms with Gasteiger partial charge in [0.15, 0.2) is 0 Å². The largest absolute Gasteiger partial charge is 0.397 e. The van der Waals surface area contributed by atoms with Crippen molar-refractivity contribution in [2.45, 2.75) is 39.2 Å². The highest BCUT2D eigenvalue weighted by Gasteiger charge is 2.27. The Morgan fingerprint density at radius 2 is 2.18 bits per heavy atom. The van der Waals surface area contributed by atoms with Gasteiger partial charge in [-0.15, -0.1) is 0 Å². The van der Waals surface area contributed by atoms with E-state index >= 15 is 0 Å². The van der Waals surface area contributed by atoms with E-state index in [0.717, 1.165) is 16.2 Å². The van der Waals surface area contributed by atoms with Gasteiger partial charge in [-0.1, -0.05) is 26.7 Å². The molecule has 1 heterocycles. The summed E-state index contributed by atoms with van der Waals surface area (Å²) >= 11 is 3.50. The van der Waals surface area contributed by atoms with Crippen molar-refractivity contribution in [3.63, 3.8) is 0 Å². The molecule has 4 heteroatoms. The summed E-state index contributed by atoms with van der Waals surface area (Å²) in [5.74, 6) is 2.38. The zero-order valence-electron chi connectivity index (χ0n) is 10.4. The van der Waals surface area contributed by atoms with Gasteiger partial charge in [0.2, 0.25) is 0 Å². The molecule has 94 valence electrons. The van der Waals surface area contributed by atoms with Crippen LogP contribution >= 0.6 is 15.9 Å². The van der Waals surface area contributed by atoms with Gasteiger partial charge >= 0.3 is 0 Å². The minimum absolute atomic E-state index is 0.520. The predicted octanol–water partition coefficient (Wildman–Crippen LogP) is 3.66. The van der Waals surface area contributed by atoms with Gasteiger partial charge in [0.1, 0.15) is 5.82 Å². The Bertz CT molecular complexity index is 394. The summed E-state index contributed by atoms with van der Waals surface area (Å²) in [6, 6.07) is 2.41. The van der Waals surface area contributed by atoms with E-state index in [0.29, 0.717) is 17.6 Å². The van der Waals surface area contributed by atoms with Gasteiger partial charge in [-0.05, 0) is 40.3 Å². The fraction of sp³-hybridized carbons (Fsp3) is 0.615. The maximum Gasteiger partial charge on any atom is 0.140 e. The molecule has 0 radical (unpaired) electrons. The highest BCUT2D eigenvalue weighted by atomic mass is 79.9. The van der Waals surface area contributed by atoms with Crippen LogP contribution in [0.5, 0.6) is 0 Å². The number of anilines is 2. The van der Waals surface area contributed by atoms with Crippen LogP contribution in [0.15, 0.2) is 16.7 Å². The summed E-state index contributed by atoms with van der Waals surface area (Å²) in [5, 5.41) is 3.54. The molecule has 0 saturated heterocycles. The average Bonchev–Trinajstić information content (AvgIpc) is 2.28. The van der Waals surface area contributed by atoms with Crippen LogP contribution < -0.4 is 11.1 Å². The molecule has 1 aliphatic rings. The quantitative estimate of drug-likeness (QED) is 0.876. The van der Waals surface area contributed by atoms with E-state index in [1.54, 1.807) is 6.20 Å². The number of nitrogens with zero attached hydrogens (tertiary/aromatic N) is 1. The molecule has 3 atom stereocenters. The molecule has 1 saturated carbocycles. The molecule has 17 heavy (non-hydrogen) atoms. The van der Waals surface area contributed by atoms with Crippen molar-refractivity contribution >= 4 is 27.4 Å². The molecular formula is C13H20BrN3. The summed E-state index contributed by atoms with van der Waals surface area (Å²) in [7, 11) is 0. The molecular weight excluding hydrogens is 278 g/mol. The number of hydrogen-bond donors (Lipinski definition) is 2. The van der Waals surface area contributed by atoms with E-state index in [1.165, 1.54) is 19.3 Å². The Balaban J connectivity index is 2.09. The molecule has 3 N–H and O–H groups in total.